The fourth-order valence-corrected chi connectivity index (χ4v) is 6.39. The van der Waals surface area contributed by atoms with E-state index in [1.165, 1.54) is 11.1 Å². The van der Waals surface area contributed by atoms with Crippen LogP contribution in [-0.2, 0) is 22.6 Å². The Morgan fingerprint density at radius 1 is 1.00 bits per heavy atom. The molecule has 1 aliphatic heterocycles. The highest BCUT2D eigenvalue weighted by Crippen LogP contribution is 2.31. The van der Waals surface area contributed by atoms with Crippen LogP contribution in [0.1, 0.15) is 30.0 Å². The van der Waals surface area contributed by atoms with Gasteiger partial charge in [0.25, 0.3) is 0 Å². The number of benzene rings is 3. The second-order valence-corrected chi connectivity index (χ2v) is 12.1. The molecule has 0 fully saturated rings. The first-order chi connectivity index (χ1) is 21.9. The molecule has 5 aromatic rings. The highest BCUT2D eigenvalue weighted by atomic mass is 35.5. The molecular weight excluding hydrogens is 586 g/mol. The van der Waals surface area contributed by atoms with Crippen LogP contribution in [0.15, 0.2) is 85.2 Å². The van der Waals surface area contributed by atoms with Gasteiger partial charge in [-0.3, -0.25) is 14.5 Å². The van der Waals surface area contributed by atoms with Crippen molar-refractivity contribution < 1.29 is 14.3 Å². The summed E-state index contributed by atoms with van der Waals surface area (Å²) in [6, 6.07) is 21.4. The van der Waals surface area contributed by atoms with Gasteiger partial charge in [0.05, 0.1) is 19.7 Å². The Morgan fingerprint density at radius 3 is 2.56 bits per heavy atom. The molecule has 3 heterocycles. The van der Waals surface area contributed by atoms with Crippen LogP contribution in [0.25, 0.3) is 27.4 Å². The maximum absolute atomic E-state index is 13.5. The van der Waals surface area contributed by atoms with Crippen LogP contribution in [0.4, 0.5) is 0 Å². The summed E-state index contributed by atoms with van der Waals surface area (Å²) in [5.41, 5.74) is 6.52. The number of nitrogens with one attached hydrogen (secondary N) is 3. The van der Waals surface area contributed by atoms with E-state index >= 15 is 0 Å². The topological polar surface area (TPSA) is 93.5 Å². The number of hydrogen-bond acceptors (Lipinski definition) is 4. The SMILES string of the molecule is COc1ccc2[nH]cc(C3=CCN(CC(=O)N[C@H](Cc4c[nH]c5ccccc45)CN(Cc4ccccc4Cl)C(C)=O)CC3)c2c1. The maximum atomic E-state index is 13.5. The van der Waals surface area contributed by atoms with Gasteiger partial charge in [0.15, 0.2) is 0 Å². The number of carbonyl (C=O) groups excluding carboxylic acids is 2. The Labute approximate surface area is 268 Å². The van der Waals surface area contributed by atoms with E-state index in [9.17, 15) is 9.59 Å². The van der Waals surface area contributed by atoms with Gasteiger partial charge < -0.3 is 24.9 Å². The van der Waals surface area contributed by atoms with E-state index < -0.39 is 0 Å². The summed E-state index contributed by atoms with van der Waals surface area (Å²) in [6.07, 6.45) is 7.68. The van der Waals surface area contributed by atoms with E-state index in [2.05, 4.69) is 44.6 Å². The van der Waals surface area contributed by atoms with Gasteiger partial charge in [0.1, 0.15) is 5.75 Å². The molecule has 0 bridgehead atoms. The number of ether oxygens (including phenoxy) is 1. The molecule has 3 aromatic carbocycles. The number of carbonyl (C=O) groups is 2. The molecule has 0 unspecified atom stereocenters. The number of nitrogens with zero attached hydrogens (tertiary/aromatic N) is 2. The zero-order valence-electron chi connectivity index (χ0n) is 25.6. The zero-order valence-corrected chi connectivity index (χ0v) is 26.4. The number of methoxy groups -OCH3 is 1. The van der Waals surface area contributed by atoms with Crippen molar-refractivity contribution in [1.82, 2.24) is 25.1 Å². The monoisotopic (exact) mass is 623 g/mol. The molecule has 232 valence electrons. The minimum atomic E-state index is -0.291. The van der Waals surface area contributed by atoms with Crippen LogP contribution in [0.5, 0.6) is 5.75 Å². The predicted molar refractivity (Wildman–Crippen MR) is 180 cm³/mol. The van der Waals surface area contributed by atoms with Gasteiger partial charge in [-0.1, -0.05) is 54.1 Å². The first-order valence-corrected chi connectivity index (χ1v) is 15.7. The number of fused-ring (bicyclic) bond motifs is 2. The Kier molecular flexibility index (Phi) is 9.23. The summed E-state index contributed by atoms with van der Waals surface area (Å²) in [6.45, 7) is 4.02. The molecular formula is C36H38ClN5O3. The maximum Gasteiger partial charge on any atom is 0.234 e. The number of hydrogen-bond donors (Lipinski definition) is 3. The summed E-state index contributed by atoms with van der Waals surface area (Å²) in [5.74, 6) is 0.696. The highest BCUT2D eigenvalue weighted by molar-refractivity contribution is 6.31. The average Bonchev–Trinajstić information content (AvgIpc) is 3.66. The number of amides is 2. The Morgan fingerprint density at radius 2 is 1.78 bits per heavy atom. The second kappa shape index (κ2) is 13.6. The predicted octanol–water partition coefficient (Wildman–Crippen LogP) is 6.18. The van der Waals surface area contributed by atoms with Gasteiger partial charge in [-0.15, -0.1) is 0 Å². The largest absolute Gasteiger partial charge is 0.497 e. The van der Waals surface area contributed by atoms with E-state index in [0.717, 1.165) is 51.6 Å². The Hall–Kier alpha value is -4.53. The van der Waals surface area contributed by atoms with Crippen LogP contribution in [0.3, 0.4) is 0 Å². The van der Waals surface area contributed by atoms with Crippen molar-refractivity contribution >= 4 is 50.8 Å². The lowest BCUT2D eigenvalue weighted by atomic mass is 9.98. The van der Waals surface area contributed by atoms with Gasteiger partial charge in [-0.25, -0.2) is 0 Å². The minimum absolute atomic E-state index is 0.0604. The van der Waals surface area contributed by atoms with E-state index in [4.69, 9.17) is 16.3 Å². The minimum Gasteiger partial charge on any atom is -0.497 e. The first-order valence-electron chi connectivity index (χ1n) is 15.3. The van der Waals surface area contributed by atoms with Crippen molar-refractivity contribution in [2.45, 2.75) is 32.4 Å². The van der Waals surface area contributed by atoms with Gasteiger partial charge in [-0.2, -0.15) is 0 Å². The van der Waals surface area contributed by atoms with Gasteiger partial charge in [-0.05, 0) is 59.9 Å². The number of halogens is 1. The zero-order chi connectivity index (χ0) is 31.3. The summed E-state index contributed by atoms with van der Waals surface area (Å²) in [7, 11) is 1.68. The van der Waals surface area contributed by atoms with Crippen LogP contribution in [0.2, 0.25) is 5.02 Å². The molecule has 2 amide bonds. The normalized spacial score (nSPS) is 14.3. The number of rotatable bonds is 11. The number of para-hydroxylation sites is 1. The molecule has 0 aliphatic carbocycles. The van der Waals surface area contributed by atoms with Crippen molar-refractivity contribution in [1.29, 1.82) is 0 Å². The molecule has 2 aromatic heterocycles. The van der Waals surface area contributed by atoms with Gasteiger partial charge in [0, 0.05) is 77.9 Å². The quantitative estimate of drug-likeness (QED) is 0.164. The molecule has 1 aliphatic rings. The van der Waals surface area contributed by atoms with Crippen molar-refractivity contribution in [2.24, 2.45) is 0 Å². The number of H-pyrrole nitrogens is 2. The van der Waals surface area contributed by atoms with Crippen molar-refractivity contribution in [3.05, 3.63) is 107 Å². The number of aromatic amines is 2. The first kappa shape index (κ1) is 30.5. The lowest BCUT2D eigenvalue weighted by molar-refractivity contribution is -0.131. The molecule has 1 atom stereocenters. The van der Waals surface area contributed by atoms with E-state index in [1.54, 1.807) is 18.9 Å². The van der Waals surface area contributed by atoms with Gasteiger partial charge in [0.2, 0.25) is 11.8 Å². The smallest absolute Gasteiger partial charge is 0.234 e. The fourth-order valence-electron chi connectivity index (χ4n) is 6.20. The Bertz CT molecular complexity index is 1860. The summed E-state index contributed by atoms with van der Waals surface area (Å²) in [5, 5.41) is 6.13. The Balaban J connectivity index is 1.15. The van der Waals surface area contributed by atoms with E-state index in [-0.39, 0.29) is 24.4 Å². The van der Waals surface area contributed by atoms with Crippen LogP contribution in [0, 0.1) is 0 Å². The van der Waals surface area contributed by atoms with Gasteiger partial charge >= 0.3 is 0 Å². The molecule has 0 saturated carbocycles. The summed E-state index contributed by atoms with van der Waals surface area (Å²) >= 11 is 6.44. The molecule has 6 rings (SSSR count). The van der Waals surface area contributed by atoms with Crippen molar-refractivity contribution in [2.75, 3.05) is 33.3 Å². The highest BCUT2D eigenvalue weighted by Gasteiger charge is 2.23. The fraction of sp³-hybridized carbons (Fsp3) is 0.278. The third-order valence-electron chi connectivity index (χ3n) is 8.61. The van der Waals surface area contributed by atoms with Crippen LogP contribution >= 0.6 is 11.6 Å². The molecule has 0 radical (unpaired) electrons. The molecule has 9 heteroatoms. The van der Waals surface area contributed by atoms with Crippen LogP contribution in [-0.4, -0.2) is 70.9 Å². The number of aromatic nitrogens is 2. The molecule has 45 heavy (non-hydrogen) atoms. The summed E-state index contributed by atoms with van der Waals surface area (Å²) in [4.78, 5) is 36.9. The lowest BCUT2D eigenvalue weighted by Gasteiger charge is -2.30. The third kappa shape index (κ3) is 7.08. The average molecular weight is 624 g/mol. The second-order valence-electron chi connectivity index (χ2n) is 11.6. The summed E-state index contributed by atoms with van der Waals surface area (Å²) < 4.78 is 5.44. The van der Waals surface area contributed by atoms with E-state index in [1.807, 2.05) is 60.8 Å². The van der Waals surface area contributed by atoms with Crippen molar-refractivity contribution in [3.63, 3.8) is 0 Å². The molecule has 0 saturated heterocycles. The van der Waals surface area contributed by atoms with Crippen molar-refractivity contribution in [3.8, 4) is 5.75 Å². The molecule has 0 spiro atoms. The standard InChI is InChI=1S/C36H38ClN5O3/c1-24(43)42(21-26-7-3-5-9-33(26)37)22-28(17-27-19-38-34-10-6-4-8-30(27)34)40-36(44)23-41-15-13-25(14-16-41)32-20-39-35-12-11-29(45-2)18-31(32)35/h3-13,18-20,28,38-39H,14-17,21-23H2,1-2H3,(H,40,44)/t28-/m1/s1. The lowest BCUT2D eigenvalue weighted by Crippen LogP contribution is -2.49. The van der Waals surface area contributed by atoms with Crippen LogP contribution < -0.4 is 10.1 Å². The third-order valence-corrected chi connectivity index (χ3v) is 8.98. The molecule has 3 N–H and O–H groups in total. The van der Waals surface area contributed by atoms with E-state index in [0.29, 0.717) is 31.1 Å². The molecule has 8 nitrogen and oxygen atoms in total.